The van der Waals surface area contributed by atoms with Crippen LogP contribution >= 0.6 is 0 Å². The second kappa shape index (κ2) is 4.23. The van der Waals surface area contributed by atoms with Crippen LogP contribution in [0.1, 0.15) is 13.8 Å². The van der Waals surface area contributed by atoms with Crippen LogP contribution < -0.4 is 0 Å². The van der Waals surface area contributed by atoms with Crippen LogP contribution in [0.15, 0.2) is 11.6 Å². The number of carbonyl (C=O) groups is 1. The molecule has 0 aromatic rings. The van der Waals surface area contributed by atoms with Gasteiger partial charge in [-0.15, -0.1) is 0 Å². The van der Waals surface area contributed by atoms with Crippen LogP contribution in [-0.4, -0.2) is 25.7 Å². The average molecular weight is 172 g/mol. The summed E-state index contributed by atoms with van der Waals surface area (Å²) in [4.78, 5) is 11.1. The first kappa shape index (κ1) is 9.22. The third-order valence-electron chi connectivity index (χ3n) is 1.55. The molecule has 1 aliphatic rings. The lowest BCUT2D eigenvalue weighted by Gasteiger charge is -2.09. The monoisotopic (exact) mass is 172 g/mol. The van der Waals surface area contributed by atoms with E-state index < -0.39 is 12.4 Å². The third-order valence-corrected chi connectivity index (χ3v) is 1.55. The van der Waals surface area contributed by atoms with Crippen LogP contribution in [0.5, 0.6) is 0 Å². The molecular weight excluding hydrogens is 160 g/mol. The van der Waals surface area contributed by atoms with Gasteiger partial charge in [0.05, 0.1) is 13.2 Å². The van der Waals surface area contributed by atoms with E-state index in [1.54, 1.807) is 19.9 Å². The molecule has 0 radical (unpaired) electrons. The molecule has 1 heterocycles. The van der Waals surface area contributed by atoms with Crippen molar-refractivity contribution in [2.45, 2.75) is 20.3 Å². The molecule has 68 valence electrons. The molecule has 1 aliphatic heterocycles. The number of carbonyl (C=O) groups excluding carboxylic acids is 1. The predicted molar refractivity (Wildman–Crippen MR) is 41.2 cm³/mol. The molecule has 0 aliphatic carbocycles. The first-order valence-electron chi connectivity index (χ1n) is 3.81. The van der Waals surface area contributed by atoms with Crippen LogP contribution in [-0.2, 0) is 19.0 Å². The number of ether oxygens (including phenoxy) is 3. The zero-order valence-electron chi connectivity index (χ0n) is 7.20. The molecule has 0 aromatic heterocycles. The van der Waals surface area contributed by atoms with Crippen molar-refractivity contribution in [2.24, 2.45) is 0 Å². The van der Waals surface area contributed by atoms with E-state index in [1.807, 2.05) is 0 Å². The van der Waals surface area contributed by atoms with E-state index in [0.29, 0.717) is 18.8 Å². The van der Waals surface area contributed by atoms with Crippen molar-refractivity contribution in [1.82, 2.24) is 0 Å². The maximum Gasteiger partial charge on any atom is 0.337 e. The number of hydrogen-bond donors (Lipinski definition) is 0. The minimum atomic E-state index is -0.813. The molecule has 1 fully saturated rings. The first-order chi connectivity index (χ1) is 5.74. The highest BCUT2D eigenvalue weighted by molar-refractivity contribution is 5.87. The van der Waals surface area contributed by atoms with Crippen molar-refractivity contribution < 1.29 is 19.0 Å². The molecular formula is C8H12O4. The molecule has 1 rings (SSSR count). The van der Waals surface area contributed by atoms with Gasteiger partial charge < -0.3 is 14.2 Å². The fourth-order valence-corrected chi connectivity index (χ4v) is 0.703. The Kier molecular flexibility index (Phi) is 3.25. The third kappa shape index (κ3) is 2.32. The van der Waals surface area contributed by atoms with Gasteiger partial charge in [0.1, 0.15) is 0 Å². The molecule has 0 bridgehead atoms. The summed E-state index contributed by atoms with van der Waals surface area (Å²) in [6.45, 7) is 3.59. The van der Waals surface area contributed by atoms with Crippen LogP contribution in [0.25, 0.3) is 0 Å². The van der Waals surface area contributed by atoms with Crippen molar-refractivity contribution in [2.75, 3.05) is 13.2 Å². The normalized spacial score (nSPS) is 19.7. The fraction of sp³-hybridized carbons (Fsp3) is 0.625. The van der Waals surface area contributed by atoms with Crippen molar-refractivity contribution in [3.8, 4) is 0 Å². The Balaban J connectivity index is 2.35. The first-order valence-corrected chi connectivity index (χ1v) is 3.81. The van der Waals surface area contributed by atoms with Crippen molar-refractivity contribution in [1.29, 1.82) is 0 Å². The maximum absolute atomic E-state index is 11.1. The Morgan fingerprint density at radius 2 is 2.08 bits per heavy atom. The Hall–Kier alpha value is -0.870. The molecule has 0 aromatic carbocycles. The van der Waals surface area contributed by atoms with Crippen LogP contribution in [0, 0.1) is 0 Å². The highest BCUT2D eigenvalue weighted by Crippen LogP contribution is 2.07. The van der Waals surface area contributed by atoms with Gasteiger partial charge in [0.2, 0.25) is 0 Å². The summed E-state index contributed by atoms with van der Waals surface area (Å²) < 4.78 is 14.7. The van der Waals surface area contributed by atoms with Gasteiger partial charge in [-0.05, 0) is 13.8 Å². The largest absolute Gasteiger partial charge is 0.407 e. The highest BCUT2D eigenvalue weighted by Gasteiger charge is 2.20. The lowest BCUT2D eigenvalue weighted by molar-refractivity contribution is -0.223. The van der Waals surface area contributed by atoms with Crippen LogP contribution in [0.4, 0.5) is 0 Å². The summed E-state index contributed by atoms with van der Waals surface area (Å²) in [5.41, 5.74) is 0.550. The van der Waals surface area contributed by atoms with Gasteiger partial charge in [-0.25, -0.2) is 4.79 Å². The Labute approximate surface area is 71.1 Å². The van der Waals surface area contributed by atoms with E-state index in [-0.39, 0.29) is 0 Å². The van der Waals surface area contributed by atoms with Gasteiger partial charge in [0.15, 0.2) is 0 Å². The molecule has 0 saturated carbocycles. The van der Waals surface area contributed by atoms with E-state index in [2.05, 4.69) is 0 Å². The van der Waals surface area contributed by atoms with E-state index in [4.69, 9.17) is 14.2 Å². The van der Waals surface area contributed by atoms with E-state index in [0.717, 1.165) is 0 Å². The van der Waals surface area contributed by atoms with Crippen LogP contribution in [0.3, 0.4) is 0 Å². The number of esters is 1. The molecule has 0 amide bonds. The fourth-order valence-electron chi connectivity index (χ4n) is 0.703. The number of rotatable bonds is 2. The summed E-state index contributed by atoms with van der Waals surface area (Å²) in [7, 11) is 0. The van der Waals surface area contributed by atoms with Gasteiger partial charge in [-0.1, -0.05) is 6.08 Å². The number of allylic oxidation sites excluding steroid dienone is 1. The van der Waals surface area contributed by atoms with Gasteiger partial charge >= 0.3 is 12.4 Å². The van der Waals surface area contributed by atoms with Gasteiger partial charge in [-0.2, -0.15) is 0 Å². The number of hydrogen-bond acceptors (Lipinski definition) is 4. The second-order valence-electron chi connectivity index (χ2n) is 2.41. The quantitative estimate of drug-likeness (QED) is 0.457. The molecule has 4 heteroatoms. The molecule has 0 atom stereocenters. The van der Waals surface area contributed by atoms with E-state index >= 15 is 0 Å². The zero-order valence-corrected chi connectivity index (χ0v) is 7.20. The lowest BCUT2D eigenvalue weighted by Crippen LogP contribution is -2.18. The van der Waals surface area contributed by atoms with E-state index in [9.17, 15) is 4.79 Å². The van der Waals surface area contributed by atoms with Crippen molar-refractivity contribution in [3.05, 3.63) is 11.6 Å². The molecule has 0 N–H and O–H groups in total. The molecule has 0 spiro atoms. The SMILES string of the molecule is CC=C(C)C(=O)OC1OCCO1. The summed E-state index contributed by atoms with van der Waals surface area (Å²) in [5.74, 6) is -0.399. The van der Waals surface area contributed by atoms with Crippen LogP contribution in [0.2, 0.25) is 0 Å². The van der Waals surface area contributed by atoms with Gasteiger partial charge in [0, 0.05) is 5.57 Å². The highest BCUT2D eigenvalue weighted by atomic mass is 16.9. The Morgan fingerprint density at radius 3 is 2.58 bits per heavy atom. The smallest absolute Gasteiger partial charge is 0.337 e. The van der Waals surface area contributed by atoms with E-state index in [1.165, 1.54) is 0 Å². The summed E-state index contributed by atoms with van der Waals surface area (Å²) in [5, 5.41) is 0. The standard InChI is InChI=1S/C8H12O4/c1-3-6(2)7(9)12-8-10-4-5-11-8/h3,8H,4-5H2,1-2H3. The zero-order chi connectivity index (χ0) is 8.97. The topological polar surface area (TPSA) is 44.8 Å². The maximum atomic E-state index is 11.1. The Morgan fingerprint density at radius 1 is 1.50 bits per heavy atom. The predicted octanol–water partition coefficient (Wildman–Crippen LogP) is 0.826. The summed E-state index contributed by atoms with van der Waals surface area (Å²) in [6.07, 6.45) is 1.68. The minimum absolute atomic E-state index is 0.399. The molecule has 4 nitrogen and oxygen atoms in total. The lowest BCUT2D eigenvalue weighted by atomic mass is 10.3. The molecule has 0 unspecified atom stereocenters. The van der Waals surface area contributed by atoms with Crippen molar-refractivity contribution >= 4 is 5.97 Å². The average Bonchev–Trinajstić information content (AvgIpc) is 2.55. The Bertz CT molecular complexity index is 191. The molecule has 12 heavy (non-hydrogen) atoms. The van der Waals surface area contributed by atoms with Gasteiger partial charge in [-0.3, -0.25) is 0 Å². The summed E-state index contributed by atoms with van der Waals surface area (Å²) in [6, 6.07) is 0. The van der Waals surface area contributed by atoms with Gasteiger partial charge in [0.25, 0.3) is 0 Å². The molecule has 1 saturated heterocycles. The van der Waals surface area contributed by atoms with Crippen molar-refractivity contribution in [3.63, 3.8) is 0 Å². The summed E-state index contributed by atoms with van der Waals surface area (Å²) >= 11 is 0. The second-order valence-corrected chi connectivity index (χ2v) is 2.41. The minimum Gasteiger partial charge on any atom is -0.407 e.